The summed E-state index contributed by atoms with van der Waals surface area (Å²) in [7, 11) is 0. The lowest BCUT2D eigenvalue weighted by Gasteiger charge is -2.01. The third-order valence-corrected chi connectivity index (χ3v) is 1.75. The van der Waals surface area contributed by atoms with Crippen LogP contribution in [0.2, 0.25) is 5.28 Å². The van der Waals surface area contributed by atoms with Gasteiger partial charge in [-0.1, -0.05) is 0 Å². The third kappa shape index (κ3) is 1.58. The molecule has 0 atom stereocenters. The zero-order chi connectivity index (χ0) is 9.26. The molecule has 0 unspecified atom stereocenters. The topological polar surface area (TPSA) is 39.4 Å². The molecule has 0 aliphatic rings. The Kier molecular flexibility index (Phi) is 2.06. The average molecular weight is 198 g/mol. The zero-order valence-electron chi connectivity index (χ0n) is 7.07. The summed E-state index contributed by atoms with van der Waals surface area (Å²) in [6.45, 7) is 2.56. The second kappa shape index (κ2) is 3.22. The average Bonchev–Trinajstić information content (AvgIpc) is 2.44. The van der Waals surface area contributed by atoms with Crippen molar-refractivity contribution in [1.82, 2.24) is 14.6 Å². The van der Waals surface area contributed by atoms with E-state index in [0.717, 1.165) is 5.75 Å². The van der Waals surface area contributed by atoms with Gasteiger partial charge in [0, 0.05) is 0 Å². The lowest BCUT2D eigenvalue weighted by Crippen LogP contribution is -1.94. The van der Waals surface area contributed by atoms with Crippen LogP contribution in [0.25, 0.3) is 5.65 Å². The van der Waals surface area contributed by atoms with Crippen molar-refractivity contribution in [2.24, 2.45) is 0 Å². The van der Waals surface area contributed by atoms with Crippen LogP contribution >= 0.6 is 11.6 Å². The number of nitrogens with zero attached hydrogens (tertiary/aromatic N) is 3. The fourth-order valence-electron chi connectivity index (χ4n) is 1.09. The number of pyridine rings is 1. The van der Waals surface area contributed by atoms with Crippen LogP contribution < -0.4 is 4.74 Å². The molecule has 5 heteroatoms. The highest BCUT2D eigenvalue weighted by atomic mass is 35.5. The van der Waals surface area contributed by atoms with E-state index in [0.29, 0.717) is 12.3 Å². The fourth-order valence-corrected chi connectivity index (χ4v) is 1.26. The van der Waals surface area contributed by atoms with Gasteiger partial charge in [0.2, 0.25) is 5.28 Å². The number of rotatable bonds is 2. The van der Waals surface area contributed by atoms with Crippen molar-refractivity contribution in [3.63, 3.8) is 0 Å². The van der Waals surface area contributed by atoms with Crippen LogP contribution in [0.5, 0.6) is 5.75 Å². The first-order valence-electron chi connectivity index (χ1n) is 3.94. The molecule has 0 radical (unpaired) electrons. The first kappa shape index (κ1) is 8.31. The molecular formula is C8H8ClN3O. The molecule has 0 saturated carbocycles. The highest BCUT2D eigenvalue weighted by molar-refractivity contribution is 6.28. The molecule has 2 aromatic rings. The lowest BCUT2D eigenvalue weighted by atomic mass is 10.4. The molecule has 0 bridgehead atoms. The summed E-state index contributed by atoms with van der Waals surface area (Å²) in [5, 5.41) is 4.19. The van der Waals surface area contributed by atoms with Gasteiger partial charge in [0.15, 0.2) is 5.65 Å². The van der Waals surface area contributed by atoms with E-state index in [1.54, 1.807) is 10.7 Å². The molecule has 2 aromatic heterocycles. The predicted molar refractivity (Wildman–Crippen MR) is 49.2 cm³/mol. The monoisotopic (exact) mass is 197 g/mol. The minimum Gasteiger partial charge on any atom is -0.492 e. The van der Waals surface area contributed by atoms with Crippen molar-refractivity contribution in [1.29, 1.82) is 0 Å². The Morgan fingerprint density at radius 2 is 2.38 bits per heavy atom. The van der Waals surface area contributed by atoms with Crippen molar-refractivity contribution < 1.29 is 4.74 Å². The summed E-state index contributed by atoms with van der Waals surface area (Å²) in [4.78, 5) is 3.98. The number of hydrogen-bond acceptors (Lipinski definition) is 3. The van der Waals surface area contributed by atoms with Crippen LogP contribution in [0.1, 0.15) is 6.92 Å². The Morgan fingerprint density at radius 3 is 3.15 bits per heavy atom. The highest BCUT2D eigenvalue weighted by Crippen LogP contribution is 2.13. The van der Waals surface area contributed by atoms with Crippen LogP contribution in [-0.4, -0.2) is 21.2 Å². The zero-order valence-corrected chi connectivity index (χ0v) is 7.82. The maximum absolute atomic E-state index is 5.63. The molecular weight excluding hydrogens is 190 g/mol. The van der Waals surface area contributed by atoms with Crippen LogP contribution in [0.3, 0.4) is 0 Å². The minimum atomic E-state index is 0.244. The molecule has 0 saturated heterocycles. The molecule has 68 valence electrons. The number of halogens is 1. The summed E-state index contributed by atoms with van der Waals surface area (Å²) in [6, 6.07) is 3.65. The maximum Gasteiger partial charge on any atom is 0.243 e. The first-order valence-corrected chi connectivity index (χ1v) is 4.32. The van der Waals surface area contributed by atoms with Crippen LogP contribution in [0.4, 0.5) is 0 Å². The van der Waals surface area contributed by atoms with E-state index >= 15 is 0 Å². The quantitative estimate of drug-likeness (QED) is 0.737. The standard InChI is InChI=1S/C8H8ClN3O/c1-2-13-6-3-4-7-10-8(9)11-12(7)5-6/h3-5H,2H2,1H3. The first-order chi connectivity index (χ1) is 6.29. The molecule has 0 amide bonds. The molecule has 0 aliphatic heterocycles. The van der Waals surface area contributed by atoms with Gasteiger partial charge in [0.05, 0.1) is 12.8 Å². The largest absolute Gasteiger partial charge is 0.492 e. The van der Waals surface area contributed by atoms with Crippen molar-refractivity contribution in [2.45, 2.75) is 6.92 Å². The van der Waals surface area contributed by atoms with Crippen LogP contribution in [0.15, 0.2) is 18.3 Å². The van der Waals surface area contributed by atoms with Gasteiger partial charge < -0.3 is 4.74 Å². The molecule has 0 fully saturated rings. The van der Waals surface area contributed by atoms with E-state index < -0.39 is 0 Å². The van der Waals surface area contributed by atoms with Gasteiger partial charge in [-0.05, 0) is 30.7 Å². The smallest absolute Gasteiger partial charge is 0.243 e. The van der Waals surface area contributed by atoms with Gasteiger partial charge in [-0.3, -0.25) is 0 Å². The van der Waals surface area contributed by atoms with Gasteiger partial charge in [-0.2, -0.15) is 4.98 Å². The Bertz CT molecular complexity index is 426. The normalized spacial score (nSPS) is 10.6. The van der Waals surface area contributed by atoms with E-state index in [-0.39, 0.29) is 5.28 Å². The molecule has 0 aromatic carbocycles. The Hall–Kier alpha value is -1.29. The minimum absolute atomic E-state index is 0.244. The fraction of sp³-hybridized carbons (Fsp3) is 0.250. The number of hydrogen-bond donors (Lipinski definition) is 0. The van der Waals surface area contributed by atoms with Crippen molar-refractivity contribution >= 4 is 17.2 Å². The summed E-state index contributed by atoms with van der Waals surface area (Å²) in [5.41, 5.74) is 0.716. The molecule has 13 heavy (non-hydrogen) atoms. The summed E-state index contributed by atoms with van der Waals surface area (Å²) in [5.74, 6) is 0.761. The predicted octanol–water partition coefficient (Wildman–Crippen LogP) is 1.78. The van der Waals surface area contributed by atoms with Crippen molar-refractivity contribution in [2.75, 3.05) is 6.61 Å². The number of fused-ring (bicyclic) bond motifs is 1. The van der Waals surface area contributed by atoms with E-state index in [1.165, 1.54) is 0 Å². The summed E-state index contributed by atoms with van der Waals surface area (Å²) in [6.07, 6.45) is 1.75. The second-order valence-corrected chi connectivity index (χ2v) is 2.82. The molecule has 0 N–H and O–H groups in total. The van der Waals surface area contributed by atoms with Gasteiger partial charge >= 0.3 is 0 Å². The highest BCUT2D eigenvalue weighted by Gasteiger charge is 2.01. The molecule has 0 spiro atoms. The van der Waals surface area contributed by atoms with Crippen LogP contribution in [0, 0.1) is 0 Å². The van der Waals surface area contributed by atoms with E-state index in [4.69, 9.17) is 16.3 Å². The van der Waals surface area contributed by atoms with E-state index in [9.17, 15) is 0 Å². The Labute approximate surface area is 80.1 Å². The summed E-state index contributed by atoms with van der Waals surface area (Å²) < 4.78 is 6.88. The van der Waals surface area contributed by atoms with E-state index in [1.807, 2.05) is 19.1 Å². The lowest BCUT2D eigenvalue weighted by molar-refractivity contribution is 0.338. The molecule has 0 aliphatic carbocycles. The van der Waals surface area contributed by atoms with Gasteiger partial charge in [0.1, 0.15) is 5.75 Å². The number of aromatic nitrogens is 3. The van der Waals surface area contributed by atoms with Crippen molar-refractivity contribution in [3.8, 4) is 5.75 Å². The third-order valence-electron chi connectivity index (χ3n) is 1.59. The second-order valence-electron chi connectivity index (χ2n) is 2.48. The molecule has 4 nitrogen and oxygen atoms in total. The number of ether oxygens (including phenoxy) is 1. The molecule has 2 rings (SSSR count). The van der Waals surface area contributed by atoms with Gasteiger partial charge in [-0.25, -0.2) is 4.52 Å². The van der Waals surface area contributed by atoms with Gasteiger partial charge in [-0.15, -0.1) is 5.10 Å². The van der Waals surface area contributed by atoms with Crippen LogP contribution in [-0.2, 0) is 0 Å². The molecule has 2 heterocycles. The van der Waals surface area contributed by atoms with Crippen molar-refractivity contribution in [3.05, 3.63) is 23.6 Å². The SMILES string of the molecule is CCOc1ccc2nc(Cl)nn2c1. The van der Waals surface area contributed by atoms with E-state index in [2.05, 4.69) is 10.1 Å². The summed E-state index contributed by atoms with van der Waals surface area (Å²) >= 11 is 5.63. The maximum atomic E-state index is 5.63. The Balaban J connectivity index is 2.48. The Morgan fingerprint density at radius 1 is 1.54 bits per heavy atom. The van der Waals surface area contributed by atoms with Gasteiger partial charge in [0.25, 0.3) is 0 Å².